The molecule has 3 N–H and O–H groups in total. The van der Waals surface area contributed by atoms with Crippen molar-refractivity contribution in [3.63, 3.8) is 0 Å². The van der Waals surface area contributed by atoms with Crippen molar-refractivity contribution in [1.29, 1.82) is 0 Å². The maximum atomic E-state index is 8.69. The zero-order chi connectivity index (χ0) is 12.8. The highest BCUT2D eigenvalue weighted by molar-refractivity contribution is 5.39. The molecule has 0 spiro atoms. The third-order valence-corrected chi connectivity index (χ3v) is 3.55. The Labute approximate surface area is 109 Å². The highest BCUT2D eigenvalue weighted by Crippen LogP contribution is 2.30. The van der Waals surface area contributed by atoms with Crippen LogP contribution < -0.4 is 10.5 Å². The summed E-state index contributed by atoms with van der Waals surface area (Å²) in [5.41, 5.74) is 8.76. The van der Waals surface area contributed by atoms with Crippen LogP contribution >= 0.6 is 0 Å². The number of aliphatic hydroxyl groups is 1. The predicted molar refractivity (Wildman–Crippen MR) is 72.7 cm³/mol. The van der Waals surface area contributed by atoms with Crippen molar-refractivity contribution in [2.24, 2.45) is 5.73 Å². The molecule has 1 aromatic rings. The molecule has 1 aliphatic carbocycles. The van der Waals surface area contributed by atoms with Gasteiger partial charge in [0.05, 0.1) is 6.61 Å². The Hall–Kier alpha value is -1.06. The second-order valence-corrected chi connectivity index (χ2v) is 4.99. The van der Waals surface area contributed by atoms with E-state index in [1.54, 1.807) is 0 Å². The van der Waals surface area contributed by atoms with Crippen molar-refractivity contribution >= 4 is 0 Å². The molecule has 0 radical (unpaired) electrons. The average molecular weight is 249 g/mol. The van der Waals surface area contributed by atoms with Crippen LogP contribution in [0.3, 0.4) is 0 Å². The molecular weight excluding hydrogens is 226 g/mol. The molecular formula is C15H23NO2. The quantitative estimate of drug-likeness (QED) is 0.762. The lowest BCUT2D eigenvalue weighted by molar-refractivity contribution is 0.266. The van der Waals surface area contributed by atoms with Gasteiger partial charge >= 0.3 is 0 Å². The molecule has 0 unspecified atom stereocenters. The van der Waals surface area contributed by atoms with E-state index in [1.165, 1.54) is 17.5 Å². The van der Waals surface area contributed by atoms with Crippen LogP contribution in [0.2, 0.25) is 0 Å². The zero-order valence-corrected chi connectivity index (χ0v) is 10.9. The fourth-order valence-corrected chi connectivity index (χ4v) is 2.48. The predicted octanol–water partition coefficient (Wildman–Crippen LogP) is 2.56. The Morgan fingerprint density at radius 3 is 3.00 bits per heavy atom. The monoisotopic (exact) mass is 249 g/mol. The van der Waals surface area contributed by atoms with E-state index in [-0.39, 0.29) is 12.6 Å². The Morgan fingerprint density at radius 2 is 2.17 bits per heavy atom. The minimum atomic E-state index is 0.173. The second kappa shape index (κ2) is 6.76. The molecule has 1 aliphatic rings. The van der Waals surface area contributed by atoms with Gasteiger partial charge in [-0.2, -0.15) is 0 Å². The van der Waals surface area contributed by atoms with Crippen LogP contribution in [0.4, 0.5) is 0 Å². The van der Waals surface area contributed by atoms with E-state index in [2.05, 4.69) is 12.1 Å². The van der Waals surface area contributed by atoms with E-state index in [0.29, 0.717) is 6.61 Å². The fraction of sp³-hybridized carbons (Fsp3) is 0.600. The van der Waals surface area contributed by atoms with E-state index in [9.17, 15) is 0 Å². The molecule has 100 valence electrons. The number of unbranched alkanes of at least 4 members (excludes halogenated alkanes) is 2. The Balaban J connectivity index is 1.88. The third-order valence-electron chi connectivity index (χ3n) is 3.55. The summed E-state index contributed by atoms with van der Waals surface area (Å²) in [6.07, 6.45) is 6.27. The van der Waals surface area contributed by atoms with Gasteiger partial charge in [-0.05, 0) is 61.8 Å². The van der Waals surface area contributed by atoms with Crippen molar-refractivity contribution in [3.8, 4) is 5.75 Å². The number of aliphatic hydroxyl groups excluding tert-OH is 1. The molecule has 1 aromatic carbocycles. The Morgan fingerprint density at radius 1 is 1.28 bits per heavy atom. The summed E-state index contributed by atoms with van der Waals surface area (Å²) in [5, 5.41) is 8.69. The summed E-state index contributed by atoms with van der Waals surface area (Å²) in [6.45, 7) is 0.988. The first-order valence-electron chi connectivity index (χ1n) is 6.93. The zero-order valence-electron chi connectivity index (χ0n) is 10.9. The smallest absolute Gasteiger partial charge is 0.119 e. The molecule has 0 bridgehead atoms. The van der Waals surface area contributed by atoms with Crippen LogP contribution in [0, 0.1) is 0 Å². The van der Waals surface area contributed by atoms with Crippen LogP contribution in [0.15, 0.2) is 18.2 Å². The lowest BCUT2D eigenvalue weighted by Gasteiger charge is -2.22. The van der Waals surface area contributed by atoms with Gasteiger partial charge in [-0.3, -0.25) is 0 Å². The molecule has 1 atom stereocenters. The highest BCUT2D eigenvalue weighted by Gasteiger charge is 2.17. The van der Waals surface area contributed by atoms with Crippen molar-refractivity contribution in [1.82, 2.24) is 0 Å². The third kappa shape index (κ3) is 3.47. The molecule has 0 amide bonds. The standard InChI is InChI=1S/C15H23NO2/c16-15-6-4-5-12-7-8-13(11-14(12)15)18-10-3-1-2-9-17/h7-8,11,15,17H,1-6,9-10,16H2/t15-/m0/s1. The molecule has 18 heavy (non-hydrogen) atoms. The molecule has 0 heterocycles. The first-order valence-corrected chi connectivity index (χ1v) is 6.93. The van der Waals surface area contributed by atoms with Crippen molar-refractivity contribution in [2.75, 3.05) is 13.2 Å². The number of hydrogen-bond acceptors (Lipinski definition) is 3. The first-order chi connectivity index (χ1) is 8.81. The van der Waals surface area contributed by atoms with Crippen LogP contribution in [0.1, 0.15) is 49.3 Å². The van der Waals surface area contributed by atoms with Crippen LogP contribution in [0.25, 0.3) is 0 Å². The number of rotatable bonds is 6. The molecule has 0 aromatic heterocycles. The molecule has 0 fully saturated rings. The van der Waals surface area contributed by atoms with Gasteiger partial charge in [0.1, 0.15) is 5.75 Å². The molecule has 0 aliphatic heterocycles. The van der Waals surface area contributed by atoms with E-state index < -0.39 is 0 Å². The van der Waals surface area contributed by atoms with E-state index >= 15 is 0 Å². The van der Waals surface area contributed by atoms with Crippen molar-refractivity contribution in [2.45, 2.75) is 44.6 Å². The van der Waals surface area contributed by atoms with Crippen molar-refractivity contribution in [3.05, 3.63) is 29.3 Å². The van der Waals surface area contributed by atoms with E-state index in [0.717, 1.165) is 37.9 Å². The summed E-state index contributed by atoms with van der Waals surface area (Å²) in [4.78, 5) is 0. The highest BCUT2D eigenvalue weighted by atomic mass is 16.5. The van der Waals surface area contributed by atoms with Crippen LogP contribution in [-0.4, -0.2) is 18.3 Å². The average Bonchev–Trinajstić information content (AvgIpc) is 2.39. The van der Waals surface area contributed by atoms with Gasteiger partial charge in [0, 0.05) is 12.6 Å². The van der Waals surface area contributed by atoms with Gasteiger partial charge in [-0.25, -0.2) is 0 Å². The molecule has 3 heteroatoms. The number of benzene rings is 1. The Kier molecular flexibility index (Phi) is 5.02. The van der Waals surface area contributed by atoms with Gasteiger partial charge in [0.2, 0.25) is 0 Å². The Bertz CT molecular complexity index is 379. The summed E-state index contributed by atoms with van der Waals surface area (Å²) < 4.78 is 5.73. The molecule has 2 rings (SSSR count). The number of hydrogen-bond donors (Lipinski definition) is 2. The van der Waals surface area contributed by atoms with Crippen molar-refractivity contribution < 1.29 is 9.84 Å². The van der Waals surface area contributed by atoms with Gasteiger partial charge < -0.3 is 15.6 Å². The summed E-state index contributed by atoms with van der Waals surface area (Å²) >= 11 is 0. The lowest BCUT2D eigenvalue weighted by Crippen LogP contribution is -2.17. The number of nitrogens with two attached hydrogens (primary N) is 1. The van der Waals surface area contributed by atoms with Crippen LogP contribution in [-0.2, 0) is 6.42 Å². The topological polar surface area (TPSA) is 55.5 Å². The number of fused-ring (bicyclic) bond motifs is 1. The van der Waals surface area contributed by atoms with Gasteiger partial charge in [0.25, 0.3) is 0 Å². The fourth-order valence-electron chi connectivity index (χ4n) is 2.48. The SMILES string of the molecule is N[C@H]1CCCc2ccc(OCCCCCO)cc21. The number of ether oxygens (including phenoxy) is 1. The number of aryl methyl sites for hydroxylation is 1. The van der Waals surface area contributed by atoms with Crippen LogP contribution in [0.5, 0.6) is 5.75 Å². The van der Waals surface area contributed by atoms with Gasteiger partial charge in [-0.15, -0.1) is 0 Å². The summed E-state index contributed by atoms with van der Waals surface area (Å²) in [5.74, 6) is 0.926. The van der Waals surface area contributed by atoms with Gasteiger partial charge in [0.15, 0.2) is 0 Å². The van der Waals surface area contributed by atoms with E-state index in [1.807, 2.05) is 6.07 Å². The second-order valence-electron chi connectivity index (χ2n) is 4.99. The molecule has 0 saturated heterocycles. The maximum absolute atomic E-state index is 8.69. The normalized spacial score (nSPS) is 18.4. The largest absolute Gasteiger partial charge is 0.494 e. The molecule has 3 nitrogen and oxygen atoms in total. The van der Waals surface area contributed by atoms with Gasteiger partial charge in [-0.1, -0.05) is 6.07 Å². The van der Waals surface area contributed by atoms with E-state index in [4.69, 9.17) is 15.6 Å². The lowest BCUT2D eigenvalue weighted by atomic mass is 9.88. The minimum Gasteiger partial charge on any atom is -0.494 e. The summed E-state index contributed by atoms with van der Waals surface area (Å²) in [6, 6.07) is 6.47. The first kappa shape index (κ1) is 13.4. The minimum absolute atomic E-state index is 0.173. The molecule has 0 saturated carbocycles. The summed E-state index contributed by atoms with van der Waals surface area (Å²) in [7, 11) is 0. The maximum Gasteiger partial charge on any atom is 0.119 e.